The summed E-state index contributed by atoms with van der Waals surface area (Å²) in [5.41, 5.74) is 2.40. The van der Waals surface area contributed by atoms with Crippen molar-refractivity contribution in [2.75, 3.05) is 26.2 Å². The van der Waals surface area contributed by atoms with E-state index < -0.39 is 20.1 Å². The van der Waals surface area contributed by atoms with Gasteiger partial charge in [0.1, 0.15) is 23.9 Å². The van der Waals surface area contributed by atoms with Crippen molar-refractivity contribution in [1.82, 2.24) is 29.7 Å². The van der Waals surface area contributed by atoms with Crippen LogP contribution in [0.4, 0.5) is 0 Å². The van der Waals surface area contributed by atoms with Crippen molar-refractivity contribution >= 4 is 25.6 Å². The lowest BCUT2D eigenvalue weighted by molar-refractivity contribution is 0.0746. The minimum Gasteiger partial charge on any atom is -0.390 e. The molecule has 1 atom stereocenters. The molecule has 0 bridgehead atoms. The SMILES string of the molecule is C[Si](C)(C)CCOCn1cnc2c1CN(C[C@@H](O)CNC(=O)c1cc(Cl)ncn1)CC2. The Bertz CT molecular complexity index is 888. The standard InChI is InChI=1S/C20H31ClN6O3Si/c1-31(2,3)7-6-30-14-27-13-25-16-4-5-26(11-18(16)27)10-15(28)9-22-20(29)17-8-19(21)24-12-23-17/h8,12-13,15,28H,4-7,9-11,14H2,1-3H3,(H,22,29)/t15-/m0/s1. The van der Waals surface area contributed by atoms with E-state index in [1.165, 1.54) is 12.4 Å². The first-order valence-electron chi connectivity index (χ1n) is 10.5. The Balaban J connectivity index is 1.46. The van der Waals surface area contributed by atoms with Crippen LogP contribution in [0.15, 0.2) is 18.7 Å². The predicted molar refractivity (Wildman–Crippen MR) is 121 cm³/mol. The first kappa shape index (κ1) is 23.8. The molecular weight excluding hydrogens is 436 g/mol. The lowest BCUT2D eigenvalue weighted by Crippen LogP contribution is -2.42. The van der Waals surface area contributed by atoms with E-state index in [2.05, 4.69) is 49.4 Å². The van der Waals surface area contributed by atoms with Crippen molar-refractivity contribution in [3.8, 4) is 0 Å². The van der Waals surface area contributed by atoms with E-state index in [9.17, 15) is 9.90 Å². The fraction of sp³-hybridized carbons (Fsp3) is 0.600. The number of hydrogen-bond acceptors (Lipinski definition) is 7. The number of aromatic nitrogens is 4. The van der Waals surface area contributed by atoms with Gasteiger partial charge in [-0.1, -0.05) is 31.2 Å². The largest absolute Gasteiger partial charge is 0.390 e. The highest BCUT2D eigenvalue weighted by atomic mass is 35.5. The van der Waals surface area contributed by atoms with Gasteiger partial charge < -0.3 is 19.7 Å². The van der Waals surface area contributed by atoms with Gasteiger partial charge in [-0.15, -0.1) is 0 Å². The fourth-order valence-electron chi connectivity index (χ4n) is 3.32. The summed E-state index contributed by atoms with van der Waals surface area (Å²) in [7, 11) is -1.11. The number of halogens is 1. The molecule has 11 heteroatoms. The van der Waals surface area contributed by atoms with Crippen molar-refractivity contribution in [2.24, 2.45) is 0 Å². The Kier molecular flexibility index (Phi) is 8.17. The highest BCUT2D eigenvalue weighted by Crippen LogP contribution is 2.18. The van der Waals surface area contributed by atoms with Crippen LogP contribution in [0.25, 0.3) is 0 Å². The van der Waals surface area contributed by atoms with E-state index >= 15 is 0 Å². The molecule has 31 heavy (non-hydrogen) atoms. The molecule has 1 amide bonds. The van der Waals surface area contributed by atoms with Gasteiger partial charge in [0.25, 0.3) is 5.91 Å². The number of nitrogens with zero attached hydrogens (tertiary/aromatic N) is 5. The molecule has 170 valence electrons. The average Bonchev–Trinajstić information content (AvgIpc) is 3.11. The Morgan fingerprint density at radius 1 is 1.35 bits per heavy atom. The van der Waals surface area contributed by atoms with Gasteiger partial charge in [-0.25, -0.2) is 15.0 Å². The van der Waals surface area contributed by atoms with Gasteiger partial charge in [-0.05, 0) is 6.04 Å². The Morgan fingerprint density at radius 3 is 2.90 bits per heavy atom. The number of amides is 1. The lowest BCUT2D eigenvalue weighted by atomic mass is 10.1. The number of β-amino-alcohol motifs (C(OH)–C–C–N with tert-alkyl or cyclic N) is 1. The van der Waals surface area contributed by atoms with Crippen LogP contribution < -0.4 is 5.32 Å². The van der Waals surface area contributed by atoms with Crippen LogP contribution in [0.3, 0.4) is 0 Å². The number of aliphatic hydroxyl groups is 1. The van der Waals surface area contributed by atoms with Crippen molar-refractivity contribution in [1.29, 1.82) is 0 Å². The fourth-order valence-corrected chi connectivity index (χ4v) is 4.23. The van der Waals surface area contributed by atoms with E-state index in [-0.39, 0.29) is 17.4 Å². The van der Waals surface area contributed by atoms with Gasteiger partial charge in [-0.2, -0.15) is 0 Å². The van der Waals surface area contributed by atoms with Crippen LogP contribution in [0.2, 0.25) is 30.8 Å². The summed E-state index contributed by atoms with van der Waals surface area (Å²) in [5.74, 6) is -0.391. The van der Waals surface area contributed by atoms with Crippen LogP contribution >= 0.6 is 11.6 Å². The molecule has 0 unspecified atom stereocenters. The molecule has 0 aromatic carbocycles. The van der Waals surface area contributed by atoms with Gasteiger partial charge >= 0.3 is 0 Å². The molecule has 3 heterocycles. The number of nitrogens with one attached hydrogen (secondary N) is 1. The van der Waals surface area contributed by atoms with Gasteiger partial charge in [-0.3, -0.25) is 9.69 Å². The van der Waals surface area contributed by atoms with Gasteiger partial charge in [0.15, 0.2) is 0 Å². The van der Waals surface area contributed by atoms with Crippen molar-refractivity contribution in [2.45, 2.75) is 51.5 Å². The highest BCUT2D eigenvalue weighted by molar-refractivity contribution is 6.76. The maximum absolute atomic E-state index is 12.1. The molecule has 0 fully saturated rings. The molecule has 1 aliphatic heterocycles. The van der Waals surface area contributed by atoms with Crippen LogP contribution in [0.1, 0.15) is 21.9 Å². The number of carbonyl (C=O) groups excluding carboxylic acids is 1. The molecule has 2 aromatic heterocycles. The summed E-state index contributed by atoms with van der Waals surface area (Å²) in [6.07, 6.45) is 3.20. The summed E-state index contributed by atoms with van der Waals surface area (Å²) in [5, 5.41) is 13.3. The lowest BCUT2D eigenvalue weighted by Gasteiger charge is -2.29. The third-order valence-corrected chi connectivity index (χ3v) is 7.04. The minimum absolute atomic E-state index is 0.128. The number of fused-ring (bicyclic) bond motifs is 1. The van der Waals surface area contributed by atoms with Crippen molar-refractivity contribution < 1.29 is 14.6 Å². The molecule has 1 aliphatic rings. The third-order valence-electron chi connectivity index (χ3n) is 5.13. The summed E-state index contributed by atoms with van der Waals surface area (Å²) in [4.78, 5) is 26.5. The highest BCUT2D eigenvalue weighted by Gasteiger charge is 2.23. The molecule has 9 nitrogen and oxygen atoms in total. The second-order valence-electron chi connectivity index (χ2n) is 9.03. The summed E-state index contributed by atoms with van der Waals surface area (Å²) >= 11 is 5.78. The van der Waals surface area contributed by atoms with Crippen LogP contribution in [0, 0.1) is 0 Å². The molecule has 0 radical (unpaired) electrons. The zero-order chi connectivity index (χ0) is 22.4. The van der Waals surface area contributed by atoms with Crippen molar-refractivity contribution in [3.05, 3.63) is 41.0 Å². The number of rotatable bonds is 10. The summed E-state index contributed by atoms with van der Waals surface area (Å²) < 4.78 is 7.93. The molecule has 2 aromatic rings. The average molecular weight is 467 g/mol. The van der Waals surface area contributed by atoms with Crippen LogP contribution in [0.5, 0.6) is 0 Å². The maximum Gasteiger partial charge on any atom is 0.270 e. The monoisotopic (exact) mass is 466 g/mol. The predicted octanol–water partition coefficient (Wildman–Crippen LogP) is 1.79. The molecular formula is C20H31ClN6O3Si. The number of imidazole rings is 1. The first-order valence-corrected chi connectivity index (χ1v) is 14.6. The summed E-state index contributed by atoms with van der Waals surface area (Å²) in [6, 6.07) is 2.53. The number of ether oxygens (including phenoxy) is 1. The van der Waals surface area contributed by atoms with Crippen LogP contribution in [-0.2, 0) is 24.4 Å². The second-order valence-corrected chi connectivity index (χ2v) is 15.0. The zero-order valence-corrected chi connectivity index (χ0v) is 20.1. The third kappa shape index (κ3) is 7.36. The van der Waals surface area contributed by atoms with Gasteiger partial charge in [0.2, 0.25) is 0 Å². The second kappa shape index (κ2) is 10.6. The van der Waals surface area contributed by atoms with Gasteiger partial charge in [0.05, 0.1) is 23.8 Å². The maximum atomic E-state index is 12.1. The number of hydrogen-bond donors (Lipinski definition) is 2. The van der Waals surface area contributed by atoms with E-state index in [1.807, 2.05) is 6.33 Å². The Morgan fingerprint density at radius 2 is 2.16 bits per heavy atom. The molecule has 2 N–H and O–H groups in total. The molecule has 0 spiro atoms. The zero-order valence-electron chi connectivity index (χ0n) is 18.3. The number of carbonyl (C=O) groups is 1. The minimum atomic E-state index is -1.11. The quantitative estimate of drug-likeness (QED) is 0.312. The smallest absolute Gasteiger partial charge is 0.270 e. The Labute approximate surface area is 188 Å². The van der Waals surface area contributed by atoms with E-state index in [0.717, 1.165) is 37.0 Å². The Hall–Kier alpha value is -1.85. The topological polar surface area (TPSA) is 105 Å². The van der Waals surface area contributed by atoms with Crippen molar-refractivity contribution in [3.63, 3.8) is 0 Å². The molecule has 3 rings (SSSR count). The first-order chi connectivity index (χ1) is 14.7. The molecule has 0 aliphatic carbocycles. The molecule has 0 saturated heterocycles. The normalized spacial score (nSPS) is 15.5. The molecule has 0 saturated carbocycles. The van der Waals surface area contributed by atoms with Crippen LogP contribution in [-0.4, -0.2) is 75.9 Å². The van der Waals surface area contributed by atoms with E-state index in [0.29, 0.717) is 19.8 Å². The summed E-state index contributed by atoms with van der Waals surface area (Å²) in [6.45, 7) is 10.4. The van der Waals surface area contributed by atoms with E-state index in [1.54, 1.807) is 0 Å². The van der Waals surface area contributed by atoms with Gasteiger partial charge in [0, 0.05) is 53.3 Å². The number of aliphatic hydroxyl groups excluding tert-OH is 1. The van der Waals surface area contributed by atoms with E-state index in [4.69, 9.17) is 16.3 Å².